The van der Waals surface area contributed by atoms with E-state index >= 15 is 0 Å². The first-order valence-corrected chi connectivity index (χ1v) is 5.33. The largest absolute Gasteiger partial charge is 1.00 e. The van der Waals surface area contributed by atoms with E-state index in [9.17, 15) is 14.7 Å². The van der Waals surface area contributed by atoms with Gasteiger partial charge in [0.05, 0.1) is 19.7 Å². The van der Waals surface area contributed by atoms with Crippen molar-refractivity contribution in [3.05, 3.63) is 23.6 Å². The van der Waals surface area contributed by atoms with Gasteiger partial charge in [0.1, 0.15) is 11.8 Å². The van der Waals surface area contributed by atoms with Crippen LogP contribution in [0.25, 0.3) is 0 Å². The average Bonchev–Trinajstić information content (AvgIpc) is 2.60. The smallest absolute Gasteiger partial charge is 0.547 e. The number of carboxylic acid groups (broad SMARTS) is 1. The van der Waals surface area contributed by atoms with Gasteiger partial charge in [0, 0.05) is 18.2 Å². The molecule has 2 fully saturated rings. The molecule has 2 heterocycles. The molecular formula is C11H12LiNO6. The van der Waals surface area contributed by atoms with Crippen LogP contribution in [0, 0.1) is 0 Å². The predicted molar refractivity (Wildman–Crippen MR) is 55.4 cm³/mol. The third kappa shape index (κ3) is 2.78. The Hall–Kier alpha value is -1.42. The second kappa shape index (κ2) is 6.15. The van der Waals surface area contributed by atoms with Gasteiger partial charge in [-0.25, -0.2) is 4.79 Å². The molecule has 8 heteroatoms. The monoisotopic (exact) mass is 261 g/mol. The van der Waals surface area contributed by atoms with Crippen LogP contribution in [-0.4, -0.2) is 47.9 Å². The third-order valence-electron chi connectivity index (χ3n) is 2.85. The van der Waals surface area contributed by atoms with Crippen molar-refractivity contribution in [1.82, 2.24) is 4.90 Å². The molecule has 0 unspecified atom stereocenters. The zero-order chi connectivity index (χ0) is 13.3. The number of methoxy groups -OCH3 is 1. The van der Waals surface area contributed by atoms with E-state index in [1.807, 2.05) is 0 Å². The van der Waals surface area contributed by atoms with Crippen LogP contribution in [0.3, 0.4) is 0 Å². The minimum Gasteiger partial charge on any atom is -0.547 e. The van der Waals surface area contributed by atoms with Gasteiger partial charge in [0.25, 0.3) is 0 Å². The number of nitrogens with zero attached hydrogens (tertiary/aromatic N) is 1. The van der Waals surface area contributed by atoms with Crippen molar-refractivity contribution in [3.8, 4) is 0 Å². The number of esters is 1. The molecule has 2 atom stereocenters. The second-order valence-electron chi connectivity index (χ2n) is 3.85. The molecule has 2 rings (SSSR count). The normalized spacial score (nSPS) is 28.2. The Kier molecular flexibility index (Phi) is 5.06. The molecule has 0 aromatic carbocycles. The van der Waals surface area contributed by atoms with Crippen LogP contribution >= 0.6 is 0 Å². The minimum absolute atomic E-state index is 0. The van der Waals surface area contributed by atoms with E-state index in [0.29, 0.717) is 12.1 Å². The number of ether oxygens (including phenoxy) is 2. The zero-order valence-electron chi connectivity index (χ0n) is 10.7. The van der Waals surface area contributed by atoms with Crippen molar-refractivity contribution >= 4 is 11.9 Å². The van der Waals surface area contributed by atoms with Gasteiger partial charge in [0.2, 0.25) is 0 Å². The molecule has 0 spiro atoms. The van der Waals surface area contributed by atoms with Gasteiger partial charge >= 0.3 is 24.8 Å². The van der Waals surface area contributed by atoms with Crippen LogP contribution in [0.2, 0.25) is 0 Å². The molecule has 2 aliphatic rings. The molecule has 0 amide bonds. The van der Waals surface area contributed by atoms with Crippen molar-refractivity contribution in [2.45, 2.75) is 18.7 Å². The van der Waals surface area contributed by atoms with Gasteiger partial charge in [-0.1, -0.05) is 0 Å². The number of carbonyl (C=O) groups excluding carboxylic acids is 2. The number of aliphatic carboxylic acids is 1. The summed E-state index contributed by atoms with van der Waals surface area (Å²) in [6.07, 6.45) is 2.48. The molecule has 98 valence electrons. The van der Waals surface area contributed by atoms with Crippen molar-refractivity contribution in [3.63, 3.8) is 0 Å². The Balaban J connectivity index is 0.00000180. The summed E-state index contributed by atoms with van der Waals surface area (Å²) in [5.74, 6) is -1.76. The summed E-state index contributed by atoms with van der Waals surface area (Å²) in [6.45, 7) is -0.324. The Morgan fingerprint density at radius 2 is 2.32 bits per heavy atom. The number of aliphatic hydroxyl groups is 1. The first-order chi connectivity index (χ1) is 8.58. The maximum atomic E-state index is 11.1. The van der Waals surface area contributed by atoms with E-state index in [4.69, 9.17) is 9.84 Å². The zero-order valence-corrected chi connectivity index (χ0v) is 10.7. The molecular weight excluding hydrogens is 249 g/mol. The number of carboxylic acids is 1. The van der Waals surface area contributed by atoms with Gasteiger partial charge in [-0.05, 0) is 6.08 Å². The SMILES string of the molecule is COC(=O)/C=C1/C[C@H]2O/C(=C\CO)[C@H](C(=O)[O-])N12.[Li+]. The fourth-order valence-electron chi connectivity index (χ4n) is 2.05. The Morgan fingerprint density at radius 1 is 1.63 bits per heavy atom. The second-order valence-corrected chi connectivity index (χ2v) is 3.85. The fourth-order valence-corrected chi connectivity index (χ4v) is 2.05. The number of rotatable bonds is 3. The maximum Gasteiger partial charge on any atom is 1.00 e. The van der Waals surface area contributed by atoms with Crippen molar-refractivity contribution < 1.29 is 48.1 Å². The Bertz CT molecular complexity index is 446. The van der Waals surface area contributed by atoms with Crippen LogP contribution < -0.4 is 24.0 Å². The average molecular weight is 261 g/mol. The molecule has 0 aliphatic carbocycles. The molecule has 0 bridgehead atoms. The molecule has 0 saturated carbocycles. The van der Waals surface area contributed by atoms with Crippen LogP contribution in [0.4, 0.5) is 0 Å². The van der Waals surface area contributed by atoms with Gasteiger partial charge < -0.3 is 29.4 Å². The number of hydrogen-bond donors (Lipinski definition) is 1. The van der Waals surface area contributed by atoms with Gasteiger partial charge in [-0.2, -0.15) is 0 Å². The summed E-state index contributed by atoms with van der Waals surface area (Å²) in [4.78, 5) is 23.6. The van der Waals surface area contributed by atoms with E-state index in [-0.39, 0.29) is 31.2 Å². The topological polar surface area (TPSA) is 99.1 Å². The predicted octanol–water partition coefficient (Wildman–Crippen LogP) is -4.90. The summed E-state index contributed by atoms with van der Waals surface area (Å²) in [5, 5.41) is 19.9. The van der Waals surface area contributed by atoms with Gasteiger partial charge in [-0.15, -0.1) is 0 Å². The van der Waals surface area contributed by atoms with Crippen molar-refractivity contribution in [2.75, 3.05) is 13.7 Å². The molecule has 0 radical (unpaired) electrons. The van der Waals surface area contributed by atoms with Crippen molar-refractivity contribution in [1.29, 1.82) is 0 Å². The van der Waals surface area contributed by atoms with Crippen molar-refractivity contribution in [2.24, 2.45) is 0 Å². The van der Waals surface area contributed by atoms with Crippen LogP contribution in [0.15, 0.2) is 23.6 Å². The fraction of sp³-hybridized carbons (Fsp3) is 0.455. The molecule has 19 heavy (non-hydrogen) atoms. The Labute approximate surface area is 121 Å². The molecule has 0 aromatic rings. The summed E-state index contributed by atoms with van der Waals surface area (Å²) >= 11 is 0. The first-order valence-electron chi connectivity index (χ1n) is 5.33. The minimum atomic E-state index is -1.34. The van der Waals surface area contributed by atoms with Gasteiger partial charge in [-0.3, -0.25) is 0 Å². The number of hydrogen-bond acceptors (Lipinski definition) is 7. The Morgan fingerprint density at radius 3 is 2.84 bits per heavy atom. The van der Waals surface area contributed by atoms with E-state index in [0.717, 1.165) is 0 Å². The summed E-state index contributed by atoms with van der Waals surface area (Å²) in [7, 11) is 1.24. The summed E-state index contributed by atoms with van der Waals surface area (Å²) < 4.78 is 9.81. The van der Waals surface area contributed by atoms with E-state index < -0.39 is 24.2 Å². The number of aliphatic hydroxyl groups excluding tert-OH is 1. The quantitative estimate of drug-likeness (QED) is 0.309. The molecule has 1 N–H and O–H groups in total. The maximum absolute atomic E-state index is 11.1. The van der Waals surface area contributed by atoms with E-state index in [1.165, 1.54) is 24.2 Å². The van der Waals surface area contributed by atoms with E-state index in [2.05, 4.69) is 4.74 Å². The first kappa shape index (κ1) is 15.6. The van der Waals surface area contributed by atoms with E-state index in [1.54, 1.807) is 0 Å². The van der Waals surface area contributed by atoms with Gasteiger partial charge in [0.15, 0.2) is 6.23 Å². The number of fused-ring (bicyclic) bond motifs is 1. The van der Waals surface area contributed by atoms with Crippen LogP contribution in [-0.2, 0) is 19.1 Å². The third-order valence-corrected chi connectivity index (χ3v) is 2.85. The van der Waals surface area contributed by atoms with Crippen LogP contribution in [0.5, 0.6) is 0 Å². The molecule has 2 saturated heterocycles. The summed E-state index contributed by atoms with van der Waals surface area (Å²) in [5.41, 5.74) is 0.516. The summed E-state index contributed by atoms with van der Waals surface area (Å²) in [6, 6.07) is -1.10. The molecule has 7 nitrogen and oxygen atoms in total. The molecule has 2 aliphatic heterocycles. The van der Waals surface area contributed by atoms with Crippen LogP contribution in [0.1, 0.15) is 6.42 Å². The standard InChI is InChI=1S/C11H13NO6.Li/c1-17-9(14)5-6-4-8-12(6)10(11(15)16)7(18-8)2-3-13;/h2,5,8,10,13H,3-4H2,1H3,(H,15,16);/q;+1/p-1/b6-5-,7-2-;/t8-,10-;/m1./s1. The number of carbonyl (C=O) groups is 2. The molecule has 0 aromatic heterocycles.